The standard InChI is InChI=1S/C12H20N4O/c1-5-16(6-2)12(17)10-7-11(14-8-13-10)15-9(3)4/h7-9H,5-6H2,1-4H3,(H,13,14,15). The molecule has 94 valence electrons. The summed E-state index contributed by atoms with van der Waals surface area (Å²) in [5.74, 6) is 0.634. The van der Waals surface area contributed by atoms with E-state index >= 15 is 0 Å². The largest absolute Gasteiger partial charge is 0.368 e. The molecule has 0 aliphatic heterocycles. The lowest BCUT2D eigenvalue weighted by Crippen LogP contribution is -2.31. The van der Waals surface area contributed by atoms with Crippen LogP contribution in [0.3, 0.4) is 0 Å². The monoisotopic (exact) mass is 236 g/mol. The van der Waals surface area contributed by atoms with Crippen LogP contribution in [0.25, 0.3) is 0 Å². The second-order valence-corrected chi connectivity index (χ2v) is 4.06. The van der Waals surface area contributed by atoms with Crippen molar-refractivity contribution in [1.82, 2.24) is 14.9 Å². The number of hydrogen-bond acceptors (Lipinski definition) is 4. The van der Waals surface area contributed by atoms with Gasteiger partial charge in [-0.1, -0.05) is 0 Å². The molecule has 5 heteroatoms. The number of carbonyl (C=O) groups is 1. The second-order valence-electron chi connectivity index (χ2n) is 4.06. The Hall–Kier alpha value is -1.65. The molecular formula is C12H20N4O. The van der Waals surface area contributed by atoms with Crippen molar-refractivity contribution >= 4 is 11.7 Å². The Kier molecular flexibility index (Phi) is 4.87. The van der Waals surface area contributed by atoms with Crippen molar-refractivity contribution < 1.29 is 4.79 Å². The van der Waals surface area contributed by atoms with Crippen LogP contribution in [-0.2, 0) is 0 Å². The average molecular weight is 236 g/mol. The van der Waals surface area contributed by atoms with E-state index in [1.807, 2.05) is 27.7 Å². The third kappa shape index (κ3) is 3.69. The van der Waals surface area contributed by atoms with Gasteiger partial charge in [0.05, 0.1) is 0 Å². The lowest BCUT2D eigenvalue weighted by Gasteiger charge is -2.18. The van der Waals surface area contributed by atoms with E-state index in [9.17, 15) is 4.79 Å². The Morgan fingerprint density at radius 2 is 2.00 bits per heavy atom. The highest BCUT2D eigenvalue weighted by Crippen LogP contribution is 2.08. The minimum Gasteiger partial charge on any atom is -0.368 e. The van der Waals surface area contributed by atoms with E-state index in [1.54, 1.807) is 11.0 Å². The summed E-state index contributed by atoms with van der Waals surface area (Å²) in [6, 6.07) is 1.97. The average Bonchev–Trinajstić information content (AvgIpc) is 2.30. The highest BCUT2D eigenvalue weighted by atomic mass is 16.2. The van der Waals surface area contributed by atoms with Crippen molar-refractivity contribution in [2.24, 2.45) is 0 Å². The van der Waals surface area contributed by atoms with Gasteiger partial charge in [-0.3, -0.25) is 4.79 Å². The number of anilines is 1. The van der Waals surface area contributed by atoms with Crippen LogP contribution < -0.4 is 5.32 Å². The highest BCUT2D eigenvalue weighted by molar-refractivity contribution is 5.92. The Balaban J connectivity index is 2.87. The van der Waals surface area contributed by atoms with E-state index in [2.05, 4.69) is 15.3 Å². The second kappa shape index (κ2) is 6.18. The lowest BCUT2D eigenvalue weighted by molar-refractivity contribution is 0.0767. The summed E-state index contributed by atoms with van der Waals surface area (Å²) in [5.41, 5.74) is 0.437. The summed E-state index contributed by atoms with van der Waals surface area (Å²) in [5, 5.41) is 3.15. The van der Waals surface area contributed by atoms with Crippen LogP contribution in [0.1, 0.15) is 38.2 Å². The molecule has 1 rings (SSSR count). The molecule has 0 atom stereocenters. The van der Waals surface area contributed by atoms with Crippen molar-refractivity contribution in [3.63, 3.8) is 0 Å². The fourth-order valence-electron chi connectivity index (χ4n) is 1.52. The molecule has 0 unspecified atom stereocenters. The third-order valence-electron chi connectivity index (χ3n) is 2.37. The summed E-state index contributed by atoms with van der Waals surface area (Å²) >= 11 is 0. The molecule has 1 heterocycles. The molecule has 5 nitrogen and oxygen atoms in total. The number of nitrogens with one attached hydrogen (secondary N) is 1. The van der Waals surface area contributed by atoms with Crippen molar-refractivity contribution in [2.75, 3.05) is 18.4 Å². The number of amides is 1. The van der Waals surface area contributed by atoms with E-state index in [0.29, 0.717) is 24.6 Å². The van der Waals surface area contributed by atoms with Gasteiger partial charge in [0.2, 0.25) is 0 Å². The fourth-order valence-corrected chi connectivity index (χ4v) is 1.52. The van der Waals surface area contributed by atoms with Crippen LogP contribution in [0, 0.1) is 0 Å². The zero-order valence-electron chi connectivity index (χ0n) is 10.9. The molecule has 17 heavy (non-hydrogen) atoms. The SMILES string of the molecule is CCN(CC)C(=O)c1cc(NC(C)C)ncn1. The van der Waals surface area contributed by atoms with Crippen molar-refractivity contribution in [3.8, 4) is 0 Å². The minimum absolute atomic E-state index is 0.0517. The van der Waals surface area contributed by atoms with Gasteiger partial charge in [0.25, 0.3) is 5.91 Å². The Morgan fingerprint density at radius 3 is 2.53 bits per heavy atom. The molecule has 0 aromatic carbocycles. The van der Waals surface area contributed by atoms with Gasteiger partial charge in [-0.15, -0.1) is 0 Å². The van der Waals surface area contributed by atoms with E-state index < -0.39 is 0 Å². The zero-order valence-corrected chi connectivity index (χ0v) is 10.9. The molecule has 0 saturated carbocycles. The number of nitrogens with zero attached hydrogens (tertiary/aromatic N) is 3. The molecule has 0 radical (unpaired) electrons. The topological polar surface area (TPSA) is 58.1 Å². The normalized spacial score (nSPS) is 10.4. The Labute approximate surface area is 102 Å². The molecule has 1 amide bonds. The molecule has 1 aromatic heterocycles. The Morgan fingerprint density at radius 1 is 1.35 bits per heavy atom. The minimum atomic E-state index is -0.0517. The summed E-state index contributed by atoms with van der Waals surface area (Å²) in [6.07, 6.45) is 1.42. The molecule has 0 aliphatic carbocycles. The van der Waals surface area contributed by atoms with Crippen LogP contribution in [0.5, 0.6) is 0 Å². The molecule has 0 saturated heterocycles. The van der Waals surface area contributed by atoms with Gasteiger partial charge in [0.15, 0.2) is 0 Å². The number of rotatable bonds is 5. The van der Waals surface area contributed by atoms with Gasteiger partial charge >= 0.3 is 0 Å². The van der Waals surface area contributed by atoms with Gasteiger partial charge in [-0.2, -0.15) is 0 Å². The first-order valence-electron chi connectivity index (χ1n) is 5.96. The van der Waals surface area contributed by atoms with Gasteiger partial charge in [-0.05, 0) is 27.7 Å². The number of carbonyl (C=O) groups excluding carboxylic acids is 1. The van der Waals surface area contributed by atoms with E-state index in [4.69, 9.17) is 0 Å². The van der Waals surface area contributed by atoms with Gasteiger partial charge in [-0.25, -0.2) is 9.97 Å². The third-order valence-corrected chi connectivity index (χ3v) is 2.37. The zero-order chi connectivity index (χ0) is 12.8. The maximum Gasteiger partial charge on any atom is 0.272 e. The maximum atomic E-state index is 12.1. The fraction of sp³-hybridized carbons (Fsp3) is 0.583. The van der Waals surface area contributed by atoms with Crippen LogP contribution in [-0.4, -0.2) is 39.9 Å². The van der Waals surface area contributed by atoms with Crippen LogP contribution in [0.15, 0.2) is 12.4 Å². The summed E-state index contributed by atoms with van der Waals surface area (Å²) < 4.78 is 0. The first-order chi connectivity index (χ1) is 8.08. The van der Waals surface area contributed by atoms with Crippen molar-refractivity contribution in [1.29, 1.82) is 0 Å². The van der Waals surface area contributed by atoms with E-state index in [1.165, 1.54) is 6.33 Å². The first-order valence-corrected chi connectivity index (χ1v) is 5.96. The van der Waals surface area contributed by atoms with Crippen molar-refractivity contribution in [3.05, 3.63) is 18.1 Å². The molecule has 0 bridgehead atoms. The van der Waals surface area contributed by atoms with Gasteiger partial charge < -0.3 is 10.2 Å². The van der Waals surface area contributed by atoms with Crippen LogP contribution >= 0.6 is 0 Å². The predicted molar refractivity (Wildman–Crippen MR) is 68.0 cm³/mol. The quantitative estimate of drug-likeness (QED) is 0.846. The van der Waals surface area contributed by atoms with E-state index in [0.717, 1.165) is 0 Å². The number of hydrogen-bond donors (Lipinski definition) is 1. The molecule has 1 aromatic rings. The number of aromatic nitrogens is 2. The van der Waals surface area contributed by atoms with E-state index in [-0.39, 0.29) is 11.9 Å². The molecule has 1 N–H and O–H groups in total. The summed E-state index contributed by atoms with van der Waals surface area (Å²) in [4.78, 5) is 21.9. The molecule has 0 spiro atoms. The smallest absolute Gasteiger partial charge is 0.272 e. The van der Waals surface area contributed by atoms with Crippen molar-refractivity contribution in [2.45, 2.75) is 33.7 Å². The highest BCUT2D eigenvalue weighted by Gasteiger charge is 2.14. The first kappa shape index (κ1) is 13.4. The lowest BCUT2D eigenvalue weighted by atomic mass is 10.3. The molecule has 0 aliphatic rings. The molecule has 0 fully saturated rings. The Bertz CT molecular complexity index is 375. The van der Waals surface area contributed by atoms with Gasteiger partial charge in [0.1, 0.15) is 17.8 Å². The summed E-state index contributed by atoms with van der Waals surface area (Å²) in [6.45, 7) is 9.33. The molecular weight excluding hydrogens is 216 g/mol. The van der Waals surface area contributed by atoms with Crippen LogP contribution in [0.4, 0.5) is 5.82 Å². The van der Waals surface area contributed by atoms with Crippen LogP contribution in [0.2, 0.25) is 0 Å². The summed E-state index contributed by atoms with van der Waals surface area (Å²) in [7, 11) is 0. The predicted octanol–water partition coefficient (Wildman–Crippen LogP) is 1.78. The van der Waals surface area contributed by atoms with Gasteiger partial charge in [0, 0.05) is 25.2 Å². The maximum absolute atomic E-state index is 12.1.